The molecule has 0 radical (unpaired) electrons. The number of benzene rings is 1. The number of hydrogen-bond acceptors (Lipinski definition) is 3. The van der Waals surface area contributed by atoms with Crippen molar-refractivity contribution in [3.8, 4) is 0 Å². The lowest BCUT2D eigenvalue weighted by Gasteiger charge is -2.38. The summed E-state index contributed by atoms with van der Waals surface area (Å²) >= 11 is 0. The van der Waals surface area contributed by atoms with Crippen molar-refractivity contribution in [3.05, 3.63) is 35.9 Å². The van der Waals surface area contributed by atoms with Gasteiger partial charge >= 0.3 is 0 Å². The first-order valence-electron chi connectivity index (χ1n) is 8.59. The molecule has 2 aliphatic rings. The standard InChI is InChI=1S/C18H29N3/c19-11-13-20-12-5-4-8-18(20)15-21(17-9-10-17)14-16-6-2-1-3-7-16/h1-3,6-7,17-18H,4-5,8-15,19H2/t18-/m1/s1. The molecule has 116 valence electrons. The summed E-state index contributed by atoms with van der Waals surface area (Å²) in [6.45, 7) is 5.43. The molecule has 1 aromatic rings. The van der Waals surface area contributed by atoms with Crippen LogP contribution in [-0.2, 0) is 6.54 Å². The highest BCUT2D eigenvalue weighted by molar-refractivity contribution is 5.15. The Morgan fingerprint density at radius 2 is 1.90 bits per heavy atom. The van der Waals surface area contributed by atoms with Gasteiger partial charge in [-0.05, 0) is 37.8 Å². The molecule has 1 saturated heterocycles. The molecule has 21 heavy (non-hydrogen) atoms. The highest BCUT2D eigenvalue weighted by Gasteiger charge is 2.32. The fraction of sp³-hybridized carbons (Fsp3) is 0.667. The Hall–Kier alpha value is -0.900. The Balaban J connectivity index is 1.61. The van der Waals surface area contributed by atoms with E-state index >= 15 is 0 Å². The Morgan fingerprint density at radius 3 is 2.62 bits per heavy atom. The second-order valence-electron chi connectivity index (χ2n) is 6.62. The van der Waals surface area contributed by atoms with Crippen molar-refractivity contribution in [2.45, 2.75) is 50.7 Å². The molecule has 1 aromatic carbocycles. The number of hydrogen-bond donors (Lipinski definition) is 1. The van der Waals surface area contributed by atoms with Gasteiger partial charge in [-0.3, -0.25) is 9.80 Å². The van der Waals surface area contributed by atoms with Crippen LogP contribution in [0.2, 0.25) is 0 Å². The summed E-state index contributed by atoms with van der Waals surface area (Å²) in [6, 6.07) is 12.5. The number of nitrogens with zero attached hydrogens (tertiary/aromatic N) is 2. The van der Waals surface area contributed by atoms with Crippen molar-refractivity contribution in [3.63, 3.8) is 0 Å². The molecule has 1 saturated carbocycles. The highest BCUT2D eigenvalue weighted by atomic mass is 15.2. The third kappa shape index (κ3) is 4.29. The van der Waals surface area contributed by atoms with Gasteiger partial charge in [-0.2, -0.15) is 0 Å². The zero-order valence-electron chi connectivity index (χ0n) is 13.1. The van der Waals surface area contributed by atoms with Gasteiger partial charge in [-0.1, -0.05) is 36.8 Å². The van der Waals surface area contributed by atoms with E-state index in [9.17, 15) is 0 Å². The molecule has 2 N–H and O–H groups in total. The SMILES string of the molecule is NCCN1CCCC[C@@H]1CN(Cc1ccccc1)C1CC1. The van der Waals surface area contributed by atoms with Gasteiger partial charge in [0.1, 0.15) is 0 Å². The average molecular weight is 287 g/mol. The van der Waals surface area contributed by atoms with E-state index < -0.39 is 0 Å². The van der Waals surface area contributed by atoms with Crippen LogP contribution in [0.1, 0.15) is 37.7 Å². The predicted molar refractivity (Wildman–Crippen MR) is 88.1 cm³/mol. The van der Waals surface area contributed by atoms with E-state index in [1.807, 2.05) is 0 Å². The van der Waals surface area contributed by atoms with Gasteiger partial charge < -0.3 is 5.73 Å². The van der Waals surface area contributed by atoms with Crippen molar-refractivity contribution >= 4 is 0 Å². The maximum Gasteiger partial charge on any atom is 0.0237 e. The van der Waals surface area contributed by atoms with Gasteiger partial charge in [-0.15, -0.1) is 0 Å². The third-order valence-corrected chi connectivity index (χ3v) is 4.90. The average Bonchev–Trinajstić information content (AvgIpc) is 3.35. The largest absolute Gasteiger partial charge is 0.329 e. The number of rotatable bonds is 7. The highest BCUT2D eigenvalue weighted by Crippen LogP contribution is 2.30. The Morgan fingerprint density at radius 1 is 1.10 bits per heavy atom. The summed E-state index contributed by atoms with van der Waals surface area (Å²) in [5.41, 5.74) is 7.24. The van der Waals surface area contributed by atoms with Crippen molar-refractivity contribution in [1.82, 2.24) is 9.80 Å². The lowest BCUT2D eigenvalue weighted by atomic mass is 10.0. The van der Waals surface area contributed by atoms with Gasteiger partial charge in [0, 0.05) is 38.3 Å². The van der Waals surface area contributed by atoms with Crippen molar-refractivity contribution < 1.29 is 0 Å². The fourth-order valence-electron chi connectivity index (χ4n) is 3.60. The molecule has 1 aliphatic heterocycles. The first-order chi connectivity index (χ1) is 10.4. The lowest BCUT2D eigenvalue weighted by molar-refractivity contribution is 0.100. The van der Waals surface area contributed by atoms with Gasteiger partial charge in [0.05, 0.1) is 0 Å². The Labute approximate surface area is 129 Å². The van der Waals surface area contributed by atoms with Crippen molar-refractivity contribution in [2.24, 2.45) is 5.73 Å². The summed E-state index contributed by atoms with van der Waals surface area (Å²) in [6.07, 6.45) is 6.85. The van der Waals surface area contributed by atoms with E-state index in [2.05, 4.69) is 40.1 Å². The third-order valence-electron chi connectivity index (χ3n) is 4.90. The molecule has 0 aromatic heterocycles. The molecule has 0 amide bonds. The molecule has 3 rings (SSSR count). The molecule has 1 heterocycles. The molecule has 3 nitrogen and oxygen atoms in total. The molecular weight excluding hydrogens is 258 g/mol. The van der Waals surface area contributed by atoms with Crippen LogP contribution in [0.4, 0.5) is 0 Å². The number of likely N-dealkylation sites (tertiary alicyclic amines) is 1. The van der Waals surface area contributed by atoms with Gasteiger partial charge in [0.25, 0.3) is 0 Å². The minimum absolute atomic E-state index is 0.714. The van der Waals surface area contributed by atoms with Crippen LogP contribution in [0.5, 0.6) is 0 Å². The van der Waals surface area contributed by atoms with Crippen LogP contribution < -0.4 is 5.73 Å². The van der Waals surface area contributed by atoms with Crippen LogP contribution >= 0.6 is 0 Å². The summed E-state index contributed by atoms with van der Waals surface area (Å²) in [4.78, 5) is 5.35. The summed E-state index contributed by atoms with van der Waals surface area (Å²) < 4.78 is 0. The van der Waals surface area contributed by atoms with Crippen molar-refractivity contribution in [1.29, 1.82) is 0 Å². The normalized spacial score (nSPS) is 23.6. The molecule has 3 heteroatoms. The van der Waals surface area contributed by atoms with Gasteiger partial charge in [0.2, 0.25) is 0 Å². The maximum absolute atomic E-state index is 5.79. The Bertz CT molecular complexity index is 414. The first-order valence-corrected chi connectivity index (χ1v) is 8.59. The molecule has 0 spiro atoms. The molecule has 0 unspecified atom stereocenters. The lowest BCUT2D eigenvalue weighted by Crippen LogP contribution is -2.48. The second kappa shape index (κ2) is 7.39. The van der Waals surface area contributed by atoms with Crippen LogP contribution in [-0.4, -0.2) is 48.1 Å². The summed E-state index contributed by atoms with van der Waals surface area (Å²) in [5.74, 6) is 0. The number of nitrogens with two attached hydrogens (primary N) is 1. The quantitative estimate of drug-likeness (QED) is 0.836. The molecule has 1 atom stereocenters. The minimum Gasteiger partial charge on any atom is -0.329 e. The maximum atomic E-state index is 5.79. The summed E-state index contributed by atoms with van der Waals surface area (Å²) in [7, 11) is 0. The molecule has 2 fully saturated rings. The molecular formula is C18H29N3. The fourth-order valence-corrected chi connectivity index (χ4v) is 3.60. The van der Waals surface area contributed by atoms with E-state index in [0.717, 1.165) is 25.7 Å². The molecule has 0 bridgehead atoms. The smallest absolute Gasteiger partial charge is 0.0237 e. The van der Waals surface area contributed by atoms with E-state index in [1.165, 1.54) is 50.8 Å². The zero-order valence-corrected chi connectivity index (χ0v) is 13.1. The second-order valence-corrected chi connectivity index (χ2v) is 6.62. The monoisotopic (exact) mass is 287 g/mol. The van der Waals surface area contributed by atoms with E-state index in [1.54, 1.807) is 0 Å². The first kappa shape index (κ1) is 15.0. The number of piperidine rings is 1. The van der Waals surface area contributed by atoms with Crippen LogP contribution in [0, 0.1) is 0 Å². The van der Waals surface area contributed by atoms with E-state index in [0.29, 0.717) is 6.04 Å². The Kier molecular flexibility index (Phi) is 5.28. The van der Waals surface area contributed by atoms with Crippen LogP contribution in [0.25, 0.3) is 0 Å². The van der Waals surface area contributed by atoms with Gasteiger partial charge in [-0.25, -0.2) is 0 Å². The van der Waals surface area contributed by atoms with E-state index in [4.69, 9.17) is 5.73 Å². The topological polar surface area (TPSA) is 32.5 Å². The zero-order chi connectivity index (χ0) is 14.5. The minimum atomic E-state index is 0.714. The summed E-state index contributed by atoms with van der Waals surface area (Å²) in [5, 5.41) is 0. The van der Waals surface area contributed by atoms with Gasteiger partial charge in [0.15, 0.2) is 0 Å². The van der Waals surface area contributed by atoms with E-state index in [-0.39, 0.29) is 0 Å². The van der Waals surface area contributed by atoms with Crippen LogP contribution in [0.3, 0.4) is 0 Å². The van der Waals surface area contributed by atoms with Crippen molar-refractivity contribution in [2.75, 3.05) is 26.2 Å². The molecule has 1 aliphatic carbocycles. The van der Waals surface area contributed by atoms with Crippen LogP contribution in [0.15, 0.2) is 30.3 Å². The predicted octanol–water partition coefficient (Wildman–Crippen LogP) is 2.46.